The number of nitrogens with zero attached hydrogens (tertiary/aromatic N) is 2. The van der Waals surface area contributed by atoms with Crippen molar-refractivity contribution in [3.05, 3.63) is 65.7 Å². The van der Waals surface area contributed by atoms with Gasteiger partial charge in [-0.05, 0) is 56.7 Å². The molecule has 3 amide bonds. The molecule has 5 N–H and O–H groups in total. The van der Waals surface area contributed by atoms with E-state index in [0.29, 0.717) is 45.4 Å². The number of para-hydroxylation sites is 1. The maximum absolute atomic E-state index is 13.6. The van der Waals surface area contributed by atoms with Gasteiger partial charge >= 0.3 is 0 Å². The molecule has 1 aliphatic heterocycles. The molecular formula is C30H43N5O4. The van der Waals surface area contributed by atoms with Crippen LogP contribution in [0.3, 0.4) is 0 Å². The van der Waals surface area contributed by atoms with Gasteiger partial charge in [0.1, 0.15) is 6.04 Å². The van der Waals surface area contributed by atoms with Gasteiger partial charge in [-0.3, -0.25) is 14.4 Å². The maximum Gasteiger partial charge on any atom is 0.245 e. The van der Waals surface area contributed by atoms with Gasteiger partial charge in [0.25, 0.3) is 0 Å². The summed E-state index contributed by atoms with van der Waals surface area (Å²) in [4.78, 5) is 42.3. The first-order valence-corrected chi connectivity index (χ1v) is 13.8. The molecule has 9 nitrogen and oxygen atoms in total. The molecule has 1 fully saturated rings. The van der Waals surface area contributed by atoms with Crippen molar-refractivity contribution in [2.75, 3.05) is 44.2 Å². The van der Waals surface area contributed by atoms with Crippen molar-refractivity contribution in [1.29, 1.82) is 0 Å². The second-order valence-electron chi connectivity index (χ2n) is 10.6. The zero-order valence-electron chi connectivity index (χ0n) is 23.2. The number of carbonyl (C=O) groups is 3. The van der Waals surface area contributed by atoms with E-state index >= 15 is 0 Å². The standard InChI is InChI=1S/C30H43N5O4/c1-30(2,31)29(39)33-25(13-8-11-23-9-4-3-5-10-23)28(38)35-20-18-34(19-21-35)26-14-7-6-12-24(26)15-16-27(37)32-17-22-36/h3-7,9-10,12,14,25,36H,8,11,13,15-22,31H2,1-2H3,(H,32,37)(H,33,39)/t25-/m1/s1. The summed E-state index contributed by atoms with van der Waals surface area (Å²) in [7, 11) is 0. The highest BCUT2D eigenvalue weighted by Gasteiger charge is 2.32. The molecule has 212 valence electrons. The van der Waals surface area contributed by atoms with Gasteiger partial charge in [0.05, 0.1) is 12.1 Å². The lowest BCUT2D eigenvalue weighted by Crippen LogP contribution is -2.58. The van der Waals surface area contributed by atoms with E-state index in [9.17, 15) is 14.4 Å². The molecule has 0 aromatic heterocycles. The molecule has 1 atom stereocenters. The van der Waals surface area contributed by atoms with Crippen LogP contribution in [-0.4, -0.2) is 78.6 Å². The van der Waals surface area contributed by atoms with Crippen molar-refractivity contribution in [3.8, 4) is 0 Å². The highest BCUT2D eigenvalue weighted by Crippen LogP contribution is 2.24. The Hall–Kier alpha value is -3.43. The van der Waals surface area contributed by atoms with Crippen molar-refractivity contribution in [2.24, 2.45) is 5.73 Å². The highest BCUT2D eigenvalue weighted by molar-refractivity contribution is 5.91. The number of anilines is 1. The Morgan fingerprint density at radius 1 is 0.974 bits per heavy atom. The quantitative estimate of drug-likeness (QED) is 0.308. The number of rotatable bonds is 13. The van der Waals surface area contributed by atoms with E-state index in [-0.39, 0.29) is 30.9 Å². The van der Waals surface area contributed by atoms with Gasteiger partial charge < -0.3 is 31.3 Å². The molecule has 1 saturated heterocycles. The number of nitrogens with two attached hydrogens (primary N) is 1. The Morgan fingerprint density at radius 3 is 2.31 bits per heavy atom. The molecule has 39 heavy (non-hydrogen) atoms. The first-order chi connectivity index (χ1) is 18.7. The van der Waals surface area contributed by atoms with Crippen LogP contribution in [0.15, 0.2) is 54.6 Å². The van der Waals surface area contributed by atoms with E-state index < -0.39 is 11.6 Å². The molecule has 0 aliphatic carbocycles. The molecule has 0 spiro atoms. The van der Waals surface area contributed by atoms with Crippen LogP contribution in [0.1, 0.15) is 44.2 Å². The monoisotopic (exact) mass is 537 g/mol. The number of carbonyl (C=O) groups excluding carboxylic acids is 3. The van der Waals surface area contributed by atoms with Crippen LogP contribution in [0.5, 0.6) is 0 Å². The van der Waals surface area contributed by atoms with Gasteiger partial charge in [0, 0.05) is 44.8 Å². The highest BCUT2D eigenvalue weighted by atomic mass is 16.3. The predicted molar refractivity (Wildman–Crippen MR) is 153 cm³/mol. The minimum absolute atomic E-state index is 0.0749. The van der Waals surface area contributed by atoms with E-state index in [0.717, 1.165) is 24.1 Å². The fraction of sp³-hybridized carbons (Fsp3) is 0.500. The molecular weight excluding hydrogens is 494 g/mol. The third-order valence-corrected chi connectivity index (χ3v) is 6.97. The van der Waals surface area contributed by atoms with Crippen LogP contribution in [-0.2, 0) is 27.2 Å². The summed E-state index contributed by atoms with van der Waals surface area (Å²) in [5.74, 6) is -0.499. The summed E-state index contributed by atoms with van der Waals surface area (Å²) in [6.07, 6.45) is 3.07. The van der Waals surface area contributed by atoms with Crippen molar-refractivity contribution in [3.63, 3.8) is 0 Å². The number of amides is 3. The van der Waals surface area contributed by atoms with Crippen LogP contribution in [0.4, 0.5) is 5.69 Å². The zero-order valence-corrected chi connectivity index (χ0v) is 23.2. The molecule has 0 bridgehead atoms. The molecule has 1 aliphatic rings. The Kier molecular flexibility index (Phi) is 11.3. The van der Waals surface area contributed by atoms with Crippen molar-refractivity contribution in [1.82, 2.24) is 15.5 Å². The number of aliphatic hydroxyl groups excluding tert-OH is 1. The van der Waals surface area contributed by atoms with Crippen LogP contribution in [0, 0.1) is 0 Å². The first-order valence-electron chi connectivity index (χ1n) is 13.8. The van der Waals surface area contributed by atoms with Crippen molar-refractivity contribution in [2.45, 2.75) is 57.5 Å². The van der Waals surface area contributed by atoms with E-state index in [1.165, 1.54) is 5.56 Å². The third kappa shape index (κ3) is 9.37. The maximum atomic E-state index is 13.6. The lowest BCUT2D eigenvalue weighted by Gasteiger charge is -2.38. The molecule has 3 rings (SSSR count). The Morgan fingerprint density at radius 2 is 1.64 bits per heavy atom. The van der Waals surface area contributed by atoms with Crippen molar-refractivity contribution >= 4 is 23.4 Å². The molecule has 0 radical (unpaired) electrons. The summed E-state index contributed by atoms with van der Waals surface area (Å²) < 4.78 is 0. The molecule has 2 aromatic carbocycles. The first kappa shape index (κ1) is 30.1. The number of hydrogen-bond acceptors (Lipinski definition) is 6. The second kappa shape index (κ2) is 14.6. The van der Waals surface area contributed by atoms with Gasteiger partial charge in [-0.15, -0.1) is 0 Å². The molecule has 9 heteroatoms. The van der Waals surface area contributed by atoms with Crippen LogP contribution in [0.25, 0.3) is 0 Å². The van der Waals surface area contributed by atoms with E-state index in [4.69, 9.17) is 10.8 Å². The summed E-state index contributed by atoms with van der Waals surface area (Å²) in [5, 5.41) is 14.5. The summed E-state index contributed by atoms with van der Waals surface area (Å²) in [6.45, 7) is 5.86. The largest absolute Gasteiger partial charge is 0.395 e. The second-order valence-corrected chi connectivity index (χ2v) is 10.6. The summed E-state index contributed by atoms with van der Waals surface area (Å²) in [6, 6.07) is 17.5. The lowest BCUT2D eigenvalue weighted by atomic mass is 10.0. The number of hydrogen-bond donors (Lipinski definition) is 4. The van der Waals surface area contributed by atoms with Gasteiger partial charge in [-0.1, -0.05) is 48.5 Å². The van der Waals surface area contributed by atoms with E-state index in [2.05, 4.69) is 27.7 Å². The number of aliphatic hydroxyl groups is 1. The van der Waals surface area contributed by atoms with Gasteiger partial charge in [-0.25, -0.2) is 0 Å². The Balaban J connectivity index is 1.60. The van der Waals surface area contributed by atoms with Gasteiger partial charge in [0.15, 0.2) is 0 Å². The fourth-order valence-electron chi connectivity index (χ4n) is 4.71. The minimum atomic E-state index is -1.07. The fourth-order valence-corrected chi connectivity index (χ4v) is 4.71. The SMILES string of the molecule is CC(C)(N)C(=O)N[C@H](CCCc1ccccc1)C(=O)N1CCN(c2ccccc2CCC(=O)NCCO)CC1. The predicted octanol–water partition coefficient (Wildman–Crippen LogP) is 1.62. The summed E-state index contributed by atoms with van der Waals surface area (Å²) in [5.41, 5.74) is 8.28. The van der Waals surface area contributed by atoms with Crippen molar-refractivity contribution < 1.29 is 19.5 Å². The number of nitrogens with one attached hydrogen (secondary N) is 2. The Bertz CT molecular complexity index is 1080. The Labute approximate surface area is 231 Å². The zero-order chi connectivity index (χ0) is 28.3. The third-order valence-electron chi connectivity index (χ3n) is 6.97. The normalized spacial score (nSPS) is 14.6. The van der Waals surface area contributed by atoms with E-state index in [1.54, 1.807) is 13.8 Å². The average molecular weight is 538 g/mol. The van der Waals surface area contributed by atoms with Gasteiger partial charge in [0.2, 0.25) is 17.7 Å². The summed E-state index contributed by atoms with van der Waals surface area (Å²) >= 11 is 0. The smallest absolute Gasteiger partial charge is 0.245 e. The van der Waals surface area contributed by atoms with E-state index in [1.807, 2.05) is 47.4 Å². The minimum Gasteiger partial charge on any atom is -0.395 e. The molecule has 2 aromatic rings. The molecule has 1 heterocycles. The molecule has 0 saturated carbocycles. The average Bonchev–Trinajstić information content (AvgIpc) is 2.94. The number of benzene rings is 2. The van der Waals surface area contributed by atoms with Gasteiger partial charge in [-0.2, -0.15) is 0 Å². The van der Waals surface area contributed by atoms with Crippen LogP contribution < -0.4 is 21.3 Å². The molecule has 0 unspecified atom stereocenters. The van der Waals surface area contributed by atoms with Crippen LogP contribution >= 0.6 is 0 Å². The van der Waals surface area contributed by atoms with Crippen LogP contribution in [0.2, 0.25) is 0 Å². The number of piperazine rings is 1. The lowest BCUT2D eigenvalue weighted by molar-refractivity contribution is -0.138. The number of aryl methyl sites for hydroxylation is 2. The topological polar surface area (TPSA) is 128 Å².